The van der Waals surface area contributed by atoms with Gasteiger partial charge in [-0.1, -0.05) is 0 Å². The zero-order chi connectivity index (χ0) is 17.8. The standard InChI is InChI=1S/C19H23N3O3/c1-18(2)9-12(5-8-25-18)14-3-4-15-16(19(11-20)6-7-19)13(17(23)24)10-22(15)21-14/h3-4,10,12,17,23-24H,5-9H2,1-2H3/t12-/m1/s1. The van der Waals surface area contributed by atoms with Gasteiger partial charge in [-0.3, -0.25) is 0 Å². The van der Waals surface area contributed by atoms with Crippen molar-refractivity contribution in [1.82, 2.24) is 9.61 Å². The van der Waals surface area contributed by atoms with Gasteiger partial charge in [0, 0.05) is 29.8 Å². The highest BCUT2D eigenvalue weighted by atomic mass is 16.5. The van der Waals surface area contributed by atoms with E-state index < -0.39 is 11.7 Å². The fourth-order valence-electron chi connectivity index (χ4n) is 4.05. The summed E-state index contributed by atoms with van der Waals surface area (Å²) in [5.74, 6) is 0.312. The average molecular weight is 341 g/mol. The highest BCUT2D eigenvalue weighted by molar-refractivity contribution is 5.66. The normalized spacial score (nSPS) is 24.4. The van der Waals surface area contributed by atoms with Crippen molar-refractivity contribution in [2.45, 2.75) is 62.8 Å². The number of hydrogen-bond acceptors (Lipinski definition) is 5. The van der Waals surface area contributed by atoms with Gasteiger partial charge < -0.3 is 14.9 Å². The van der Waals surface area contributed by atoms with Gasteiger partial charge in [0.1, 0.15) is 0 Å². The van der Waals surface area contributed by atoms with Gasteiger partial charge in [-0.2, -0.15) is 10.4 Å². The number of aliphatic hydroxyl groups excluding tert-OH is 1. The molecule has 0 spiro atoms. The lowest BCUT2D eigenvalue weighted by Crippen LogP contribution is -2.33. The lowest BCUT2D eigenvalue weighted by atomic mass is 9.86. The van der Waals surface area contributed by atoms with E-state index in [4.69, 9.17) is 9.84 Å². The second-order valence-corrected chi connectivity index (χ2v) is 7.91. The summed E-state index contributed by atoms with van der Waals surface area (Å²) in [5, 5.41) is 33.8. The van der Waals surface area contributed by atoms with Gasteiger partial charge in [-0.15, -0.1) is 0 Å². The Hall–Kier alpha value is -1.94. The molecule has 1 saturated carbocycles. The quantitative estimate of drug-likeness (QED) is 0.837. The Morgan fingerprint density at radius 1 is 1.36 bits per heavy atom. The molecule has 0 aromatic carbocycles. The molecule has 2 aliphatic rings. The Bertz CT molecular complexity index is 859. The molecule has 0 amide bonds. The van der Waals surface area contributed by atoms with Crippen molar-refractivity contribution in [3.63, 3.8) is 0 Å². The van der Waals surface area contributed by atoms with Crippen LogP contribution in [0.5, 0.6) is 0 Å². The van der Waals surface area contributed by atoms with Gasteiger partial charge in [-0.05, 0) is 51.7 Å². The predicted octanol–water partition coefficient (Wildman–Crippen LogP) is 2.55. The summed E-state index contributed by atoms with van der Waals surface area (Å²) in [6.07, 6.45) is 3.37. The van der Waals surface area contributed by atoms with Crippen LogP contribution in [0.4, 0.5) is 0 Å². The van der Waals surface area contributed by atoms with Gasteiger partial charge in [0.25, 0.3) is 0 Å². The zero-order valence-corrected chi connectivity index (χ0v) is 14.6. The van der Waals surface area contributed by atoms with Gasteiger partial charge in [-0.25, -0.2) is 4.52 Å². The van der Waals surface area contributed by atoms with Crippen LogP contribution < -0.4 is 0 Å². The zero-order valence-electron chi connectivity index (χ0n) is 14.6. The summed E-state index contributed by atoms with van der Waals surface area (Å²) in [4.78, 5) is 0. The van der Waals surface area contributed by atoms with Crippen LogP contribution in [0.25, 0.3) is 5.52 Å². The van der Waals surface area contributed by atoms with E-state index in [9.17, 15) is 15.5 Å². The number of aliphatic hydroxyl groups is 2. The molecule has 3 heterocycles. The molecule has 2 N–H and O–H groups in total. The molecular weight excluding hydrogens is 318 g/mol. The van der Waals surface area contributed by atoms with Crippen LogP contribution >= 0.6 is 0 Å². The third-order valence-corrected chi connectivity index (χ3v) is 5.52. The summed E-state index contributed by atoms with van der Waals surface area (Å²) in [7, 11) is 0. The van der Waals surface area contributed by atoms with Crippen LogP contribution in [-0.4, -0.2) is 32.0 Å². The maximum Gasteiger partial charge on any atom is 0.180 e. The molecule has 4 rings (SSSR count). The molecule has 132 valence electrons. The summed E-state index contributed by atoms with van der Waals surface area (Å²) in [5.41, 5.74) is 2.11. The highest BCUT2D eigenvalue weighted by Crippen LogP contribution is 2.51. The Morgan fingerprint density at radius 2 is 2.12 bits per heavy atom. The molecule has 0 bridgehead atoms. The number of rotatable bonds is 3. The van der Waals surface area contributed by atoms with Gasteiger partial charge in [0.2, 0.25) is 0 Å². The van der Waals surface area contributed by atoms with Gasteiger partial charge >= 0.3 is 0 Å². The van der Waals surface area contributed by atoms with E-state index in [1.807, 2.05) is 12.1 Å². The minimum absolute atomic E-state index is 0.160. The smallest absolute Gasteiger partial charge is 0.180 e. The molecule has 1 saturated heterocycles. The van der Waals surface area contributed by atoms with E-state index in [0.717, 1.165) is 42.5 Å². The molecule has 2 fully saturated rings. The monoisotopic (exact) mass is 341 g/mol. The SMILES string of the molecule is CC1(C)C[C@H](c2ccc3c(C4(C#N)CC4)c(C(O)O)cn3n2)CCO1. The first-order valence-corrected chi connectivity index (χ1v) is 8.79. The third kappa shape index (κ3) is 2.73. The van der Waals surface area contributed by atoms with Crippen LogP contribution in [0.3, 0.4) is 0 Å². The van der Waals surface area contributed by atoms with E-state index in [1.165, 1.54) is 0 Å². The second kappa shape index (κ2) is 5.53. The molecule has 0 unspecified atom stereocenters. The van der Waals surface area contributed by atoms with Crippen LogP contribution in [-0.2, 0) is 10.2 Å². The maximum atomic E-state index is 9.77. The first-order valence-electron chi connectivity index (χ1n) is 8.79. The Labute approximate surface area is 146 Å². The highest BCUT2D eigenvalue weighted by Gasteiger charge is 2.49. The summed E-state index contributed by atoms with van der Waals surface area (Å²) in [6, 6.07) is 6.32. The lowest BCUT2D eigenvalue weighted by Gasteiger charge is -2.35. The predicted molar refractivity (Wildman–Crippen MR) is 90.9 cm³/mol. The molecule has 6 heteroatoms. The average Bonchev–Trinajstić information content (AvgIpc) is 3.26. The van der Waals surface area contributed by atoms with Crippen molar-refractivity contribution in [1.29, 1.82) is 5.26 Å². The van der Waals surface area contributed by atoms with E-state index in [0.29, 0.717) is 18.1 Å². The van der Waals surface area contributed by atoms with E-state index in [2.05, 4.69) is 19.9 Å². The first-order chi connectivity index (χ1) is 11.9. The van der Waals surface area contributed by atoms with Gasteiger partial charge in [0.15, 0.2) is 6.29 Å². The van der Waals surface area contributed by atoms with Gasteiger partial charge in [0.05, 0.1) is 28.3 Å². The summed E-state index contributed by atoms with van der Waals surface area (Å²) in [6.45, 7) is 4.90. The van der Waals surface area contributed by atoms with E-state index in [1.54, 1.807) is 10.7 Å². The fourth-order valence-corrected chi connectivity index (χ4v) is 4.05. The summed E-state index contributed by atoms with van der Waals surface area (Å²) < 4.78 is 7.50. The largest absolute Gasteiger partial charge is 0.376 e. The molecular formula is C19H23N3O3. The van der Waals surface area contributed by atoms with Crippen molar-refractivity contribution >= 4 is 5.52 Å². The molecule has 1 aliphatic carbocycles. The number of nitrogens with zero attached hydrogens (tertiary/aromatic N) is 3. The van der Waals surface area contributed by atoms with Crippen molar-refractivity contribution in [3.8, 4) is 6.07 Å². The van der Waals surface area contributed by atoms with Crippen LogP contribution in [0.2, 0.25) is 0 Å². The number of fused-ring (bicyclic) bond motifs is 1. The Kier molecular flexibility index (Phi) is 3.66. The minimum Gasteiger partial charge on any atom is -0.376 e. The van der Waals surface area contributed by atoms with E-state index >= 15 is 0 Å². The molecule has 25 heavy (non-hydrogen) atoms. The molecule has 2 aromatic heterocycles. The second-order valence-electron chi connectivity index (χ2n) is 7.91. The van der Waals surface area contributed by atoms with Crippen LogP contribution in [0.1, 0.15) is 68.6 Å². The van der Waals surface area contributed by atoms with Crippen LogP contribution in [0, 0.1) is 11.3 Å². The Morgan fingerprint density at radius 3 is 2.72 bits per heavy atom. The first kappa shape index (κ1) is 16.5. The number of ether oxygens (including phenoxy) is 1. The van der Waals surface area contributed by atoms with Crippen molar-refractivity contribution in [3.05, 3.63) is 35.2 Å². The maximum absolute atomic E-state index is 9.77. The van der Waals surface area contributed by atoms with Crippen molar-refractivity contribution in [2.24, 2.45) is 0 Å². The molecule has 1 aliphatic heterocycles. The van der Waals surface area contributed by atoms with E-state index in [-0.39, 0.29) is 5.60 Å². The minimum atomic E-state index is -1.60. The topological polar surface area (TPSA) is 90.8 Å². The van der Waals surface area contributed by atoms with Crippen LogP contribution in [0.15, 0.2) is 18.3 Å². The lowest BCUT2D eigenvalue weighted by molar-refractivity contribution is -0.0598. The fraction of sp³-hybridized carbons (Fsp3) is 0.579. The molecule has 6 nitrogen and oxygen atoms in total. The number of hydrogen-bond donors (Lipinski definition) is 2. The third-order valence-electron chi connectivity index (χ3n) is 5.52. The number of aromatic nitrogens is 2. The molecule has 1 atom stereocenters. The molecule has 0 radical (unpaired) electrons. The van der Waals surface area contributed by atoms with Crippen molar-refractivity contribution in [2.75, 3.05) is 6.61 Å². The molecule has 2 aromatic rings. The summed E-state index contributed by atoms with van der Waals surface area (Å²) >= 11 is 0. The van der Waals surface area contributed by atoms with Crippen molar-refractivity contribution < 1.29 is 14.9 Å². The Balaban J connectivity index is 1.79. The number of nitriles is 1.